The molecule has 1 aromatic heterocycles. The van der Waals surface area contributed by atoms with Gasteiger partial charge in [0, 0.05) is 18.3 Å². The number of fused-ring (bicyclic) bond motifs is 1. The topological polar surface area (TPSA) is 61.2 Å². The molecule has 0 atom stereocenters. The monoisotopic (exact) mass is 218 g/mol. The van der Waals surface area contributed by atoms with Crippen LogP contribution in [0.5, 0.6) is 0 Å². The molecule has 1 fully saturated rings. The van der Waals surface area contributed by atoms with Gasteiger partial charge in [-0.1, -0.05) is 6.42 Å². The minimum absolute atomic E-state index is 0.271. The smallest absolute Gasteiger partial charge is 0.408 e. The van der Waals surface area contributed by atoms with E-state index in [0.29, 0.717) is 17.2 Å². The fourth-order valence-electron chi connectivity index (χ4n) is 2.19. The summed E-state index contributed by atoms with van der Waals surface area (Å²) in [6.45, 7) is 0.774. The molecule has 4 nitrogen and oxygen atoms in total. The predicted octanol–water partition coefficient (Wildman–Crippen LogP) is 1.98. The van der Waals surface area contributed by atoms with Crippen molar-refractivity contribution < 1.29 is 4.42 Å². The van der Waals surface area contributed by atoms with E-state index in [-0.39, 0.29) is 5.76 Å². The van der Waals surface area contributed by atoms with Gasteiger partial charge in [-0.05, 0) is 30.9 Å². The number of aromatic nitrogens is 1. The Morgan fingerprint density at radius 1 is 1.44 bits per heavy atom. The van der Waals surface area contributed by atoms with E-state index in [9.17, 15) is 4.79 Å². The summed E-state index contributed by atoms with van der Waals surface area (Å²) in [5, 5.41) is 0. The zero-order chi connectivity index (χ0) is 11.1. The van der Waals surface area contributed by atoms with Gasteiger partial charge in [-0.25, -0.2) is 4.79 Å². The number of nitrogens with two attached hydrogens (primary N) is 1. The molecular formula is C12H14N2O2. The first-order valence-electron chi connectivity index (χ1n) is 5.63. The van der Waals surface area contributed by atoms with Gasteiger partial charge >= 0.3 is 5.76 Å². The minimum Gasteiger partial charge on any atom is -0.408 e. The highest BCUT2D eigenvalue weighted by atomic mass is 16.4. The lowest BCUT2D eigenvalue weighted by Crippen LogP contribution is -2.24. The number of nitrogens with zero attached hydrogens (tertiary/aromatic N) is 1. The highest BCUT2D eigenvalue weighted by Gasteiger charge is 2.20. The Bertz CT molecular complexity index is 578. The van der Waals surface area contributed by atoms with Crippen molar-refractivity contribution in [1.82, 2.24) is 4.57 Å². The predicted molar refractivity (Wildman–Crippen MR) is 62.2 cm³/mol. The van der Waals surface area contributed by atoms with Crippen LogP contribution < -0.4 is 11.5 Å². The second-order valence-electron chi connectivity index (χ2n) is 4.50. The molecule has 1 saturated carbocycles. The maximum absolute atomic E-state index is 11.7. The highest BCUT2D eigenvalue weighted by molar-refractivity contribution is 5.76. The van der Waals surface area contributed by atoms with E-state index in [1.54, 1.807) is 16.7 Å². The van der Waals surface area contributed by atoms with Crippen molar-refractivity contribution in [2.75, 3.05) is 5.73 Å². The fraction of sp³-hybridized carbons (Fsp3) is 0.417. The van der Waals surface area contributed by atoms with Crippen molar-refractivity contribution in [3.05, 3.63) is 28.7 Å². The van der Waals surface area contributed by atoms with E-state index in [1.165, 1.54) is 19.3 Å². The molecule has 2 aromatic rings. The van der Waals surface area contributed by atoms with Crippen molar-refractivity contribution in [1.29, 1.82) is 0 Å². The fourth-order valence-corrected chi connectivity index (χ4v) is 2.19. The maximum atomic E-state index is 11.7. The van der Waals surface area contributed by atoms with Crippen LogP contribution in [0, 0.1) is 5.92 Å². The van der Waals surface area contributed by atoms with Gasteiger partial charge in [-0.3, -0.25) is 4.57 Å². The van der Waals surface area contributed by atoms with E-state index in [2.05, 4.69) is 0 Å². The molecule has 0 radical (unpaired) electrons. The summed E-state index contributed by atoms with van der Waals surface area (Å²) in [7, 11) is 0. The second-order valence-corrected chi connectivity index (χ2v) is 4.50. The molecule has 1 aliphatic rings. The van der Waals surface area contributed by atoms with Gasteiger partial charge in [0.2, 0.25) is 0 Å². The first-order valence-corrected chi connectivity index (χ1v) is 5.63. The van der Waals surface area contributed by atoms with E-state index >= 15 is 0 Å². The number of oxazole rings is 1. The van der Waals surface area contributed by atoms with Crippen LogP contribution in [0.2, 0.25) is 0 Å². The lowest BCUT2D eigenvalue weighted by molar-refractivity contribution is 0.271. The third-order valence-corrected chi connectivity index (χ3v) is 3.36. The Hall–Kier alpha value is -1.71. The number of rotatable bonds is 2. The summed E-state index contributed by atoms with van der Waals surface area (Å²) >= 11 is 0. The first-order chi connectivity index (χ1) is 7.74. The van der Waals surface area contributed by atoms with Crippen molar-refractivity contribution in [3.8, 4) is 0 Å². The third kappa shape index (κ3) is 1.41. The molecule has 84 valence electrons. The van der Waals surface area contributed by atoms with Crippen LogP contribution in [-0.2, 0) is 6.54 Å². The summed E-state index contributed by atoms with van der Waals surface area (Å²) in [4.78, 5) is 11.7. The molecule has 1 aromatic carbocycles. The first kappa shape index (κ1) is 9.51. The van der Waals surface area contributed by atoms with Crippen LogP contribution in [0.1, 0.15) is 19.3 Å². The van der Waals surface area contributed by atoms with Gasteiger partial charge in [0.25, 0.3) is 0 Å². The Balaban J connectivity index is 2.08. The van der Waals surface area contributed by atoms with Crippen molar-refractivity contribution in [2.45, 2.75) is 25.8 Å². The Labute approximate surface area is 92.7 Å². The van der Waals surface area contributed by atoms with E-state index < -0.39 is 0 Å². The summed E-state index contributed by atoms with van der Waals surface area (Å²) < 4.78 is 6.90. The summed E-state index contributed by atoms with van der Waals surface area (Å²) in [6.07, 6.45) is 3.71. The zero-order valence-corrected chi connectivity index (χ0v) is 8.98. The molecule has 2 N–H and O–H groups in total. The summed E-state index contributed by atoms with van der Waals surface area (Å²) in [5.74, 6) is 0.364. The number of anilines is 1. The molecule has 0 unspecified atom stereocenters. The van der Waals surface area contributed by atoms with Crippen LogP contribution in [0.4, 0.5) is 5.69 Å². The number of hydrogen-bond acceptors (Lipinski definition) is 3. The molecule has 0 aliphatic heterocycles. The normalized spacial score (nSPS) is 16.5. The lowest BCUT2D eigenvalue weighted by Gasteiger charge is -2.25. The molecule has 0 spiro atoms. The van der Waals surface area contributed by atoms with Gasteiger partial charge in [0.15, 0.2) is 5.58 Å². The SMILES string of the molecule is Nc1ccc2c(c1)oc(=O)n2CC1CCC1. The molecule has 1 heterocycles. The number of hydrogen-bond donors (Lipinski definition) is 1. The third-order valence-electron chi connectivity index (χ3n) is 3.36. The highest BCUT2D eigenvalue weighted by Crippen LogP contribution is 2.28. The standard InChI is InChI=1S/C12H14N2O2/c13-9-4-5-10-11(6-9)16-12(15)14(10)7-8-2-1-3-8/h4-6,8H,1-3,7,13H2. The second kappa shape index (κ2) is 3.40. The molecule has 0 saturated heterocycles. The molecular weight excluding hydrogens is 204 g/mol. The van der Waals surface area contributed by atoms with E-state index in [1.807, 2.05) is 6.07 Å². The van der Waals surface area contributed by atoms with Crippen LogP contribution >= 0.6 is 0 Å². The van der Waals surface area contributed by atoms with Gasteiger partial charge in [0.05, 0.1) is 5.52 Å². The van der Waals surface area contributed by atoms with Crippen molar-refractivity contribution in [3.63, 3.8) is 0 Å². The zero-order valence-electron chi connectivity index (χ0n) is 8.98. The molecule has 4 heteroatoms. The van der Waals surface area contributed by atoms with E-state index in [4.69, 9.17) is 10.2 Å². The quantitative estimate of drug-likeness (QED) is 0.784. The lowest BCUT2D eigenvalue weighted by atomic mass is 9.85. The minimum atomic E-state index is -0.271. The average molecular weight is 218 g/mol. The van der Waals surface area contributed by atoms with E-state index in [0.717, 1.165) is 12.1 Å². The van der Waals surface area contributed by atoms with Crippen LogP contribution in [0.3, 0.4) is 0 Å². The Morgan fingerprint density at radius 2 is 2.25 bits per heavy atom. The van der Waals surface area contributed by atoms with Crippen LogP contribution in [0.25, 0.3) is 11.1 Å². The Morgan fingerprint density at radius 3 is 2.94 bits per heavy atom. The maximum Gasteiger partial charge on any atom is 0.419 e. The Kier molecular flexibility index (Phi) is 2.02. The van der Waals surface area contributed by atoms with Gasteiger partial charge in [-0.2, -0.15) is 0 Å². The van der Waals surface area contributed by atoms with Crippen molar-refractivity contribution in [2.24, 2.45) is 5.92 Å². The molecule has 1 aliphatic carbocycles. The van der Waals surface area contributed by atoms with Gasteiger partial charge < -0.3 is 10.2 Å². The van der Waals surface area contributed by atoms with Gasteiger partial charge in [0.1, 0.15) is 0 Å². The number of benzene rings is 1. The molecule has 16 heavy (non-hydrogen) atoms. The van der Waals surface area contributed by atoms with Crippen LogP contribution in [0.15, 0.2) is 27.4 Å². The molecule has 0 bridgehead atoms. The van der Waals surface area contributed by atoms with Crippen LogP contribution in [-0.4, -0.2) is 4.57 Å². The summed E-state index contributed by atoms with van der Waals surface area (Å²) in [5.41, 5.74) is 7.71. The average Bonchev–Trinajstić information content (AvgIpc) is 2.47. The summed E-state index contributed by atoms with van der Waals surface area (Å²) in [6, 6.07) is 5.36. The molecule has 0 amide bonds. The largest absolute Gasteiger partial charge is 0.419 e. The van der Waals surface area contributed by atoms with Crippen molar-refractivity contribution >= 4 is 16.8 Å². The number of nitrogen functional groups attached to an aromatic ring is 1. The van der Waals surface area contributed by atoms with Gasteiger partial charge in [-0.15, -0.1) is 0 Å². The molecule has 3 rings (SSSR count).